The first kappa shape index (κ1) is 33.5. The molecule has 1 aliphatic rings. The van der Waals surface area contributed by atoms with Crippen LogP contribution in [0.4, 0.5) is 17.1 Å². The van der Waals surface area contributed by atoms with Crippen LogP contribution in [0, 0.1) is 0 Å². The van der Waals surface area contributed by atoms with Crippen LogP contribution in [0.25, 0.3) is 65.7 Å². The summed E-state index contributed by atoms with van der Waals surface area (Å²) in [6.45, 7) is 0. The fourth-order valence-corrected chi connectivity index (χ4v) is 9.89. The Hall–Kier alpha value is -7.68. The van der Waals surface area contributed by atoms with Gasteiger partial charge in [-0.25, -0.2) is 0 Å². The molecule has 0 unspecified atom stereocenters. The molecule has 59 heavy (non-hydrogen) atoms. The summed E-state index contributed by atoms with van der Waals surface area (Å²) in [5.41, 5.74) is 14.6. The van der Waals surface area contributed by atoms with E-state index in [1.165, 1.54) is 66.1 Å². The second-order valence-corrected chi connectivity index (χ2v) is 15.6. The summed E-state index contributed by atoms with van der Waals surface area (Å²) in [6, 6.07) is 81.9. The van der Waals surface area contributed by atoms with E-state index in [0.29, 0.717) is 0 Å². The van der Waals surface area contributed by atoms with Gasteiger partial charge in [-0.3, -0.25) is 0 Å². The van der Waals surface area contributed by atoms with Gasteiger partial charge in [-0.2, -0.15) is 0 Å². The van der Waals surface area contributed by atoms with Gasteiger partial charge in [-0.05, 0) is 121 Å². The Balaban J connectivity index is 1.07. The summed E-state index contributed by atoms with van der Waals surface area (Å²) in [7, 11) is 0. The minimum atomic E-state index is -0.461. The topological polar surface area (TPSA) is 16.4 Å². The molecule has 0 saturated heterocycles. The fraction of sp³-hybridized carbons (Fsp3) is 0.0175. The largest absolute Gasteiger partial charge is 0.456 e. The number of rotatable bonds is 6. The van der Waals surface area contributed by atoms with Crippen LogP contribution in [0.2, 0.25) is 0 Å². The zero-order chi connectivity index (χ0) is 38.9. The Morgan fingerprint density at radius 3 is 1.75 bits per heavy atom. The lowest BCUT2D eigenvalue weighted by Gasteiger charge is -2.34. The van der Waals surface area contributed by atoms with Crippen LogP contribution < -0.4 is 4.90 Å². The quantitative estimate of drug-likeness (QED) is 0.168. The summed E-state index contributed by atoms with van der Waals surface area (Å²) in [6.07, 6.45) is 0. The Morgan fingerprint density at radius 2 is 0.898 bits per heavy atom. The number of para-hydroxylation sites is 1. The maximum Gasteiger partial charge on any atom is 0.135 e. The minimum Gasteiger partial charge on any atom is -0.456 e. The van der Waals surface area contributed by atoms with Crippen LogP contribution in [0.3, 0.4) is 0 Å². The Labute approximate surface area is 342 Å². The van der Waals surface area contributed by atoms with E-state index >= 15 is 0 Å². The van der Waals surface area contributed by atoms with Crippen molar-refractivity contribution in [2.24, 2.45) is 0 Å². The van der Waals surface area contributed by atoms with Gasteiger partial charge in [0, 0.05) is 27.8 Å². The van der Waals surface area contributed by atoms with Crippen molar-refractivity contribution in [2.45, 2.75) is 5.41 Å². The monoisotopic (exact) mass is 751 g/mol. The number of fused-ring (bicyclic) bond motifs is 8. The molecule has 0 aliphatic heterocycles. The van der Waals surface area contributed by atoms with Gasteiger partial charge in [0.1, 0.15) is 11.2 Å². The van der Waals surface area contributed by atoms with E-state index in [1.54, 1.807) is 0 Å². The van der Waals surface area contributed by atoms with Gasteiger partial charge in [-0.1, -0.05) is 170 Å². The van der Waals surface area contributed by atoms with E-state index in [4.69, 9.17) is 4.42 Å². The second-order valence-electron chi connectivity index (χ2n) is 15.6. The lowest BCUT2D eigenvalue weighted by molar-refractivity contribution is 0.669. The summed E-state index contributed by atoms with van der Waals surface area (Å²) in [4.78, 5) is 2.41. The smallest absolute Gasteiger partial charge is 0.135 e. The van der Waals surface area contributed by atoms with Crippen LogP contribution in [-0.4, -0.2) is 0 Å². The van der Waals surface area contributed by atoms with E-state index in [-0.39, 0.29) is 0 Å². The molecule has 0 saturated carbocycles. The molecule has 2 nitrogen and oxygen atoms in total. The van der Waals surface area contributed by atoms with Crippen molar-refractivity contribution in [1.82, 2.24) is 0 Å². The van der Waals surface area contributed by atoms with Crippen molar-refractivity contribution in [3.8, 4) is 22.3 Å². The molecule has 0 spiro atoms. The van der Waals surface area contributed by atoms with Crippen LogP contribution >= 0.6 is 0 Å². The lowest BCUT2D eigenvalue weighted by atomic mass is 9.68. The first-order chi connectivity index (χ1) is 29.2. The molecule has 10 aromatic carbocycles. The maximum atomic E-state index is 6.32. The van der Waals surface area contributed by atoms with Gasteiger partial charge >= 0.3 is 0 Å². The summed E-state index contributed by atoms with van der Waals surface area (Å²) in [5.74, 6) is 0. The molecule has 0 amide bonds. The molecule has 0 radical (unpaired) electrons. The van der Waals surface area contributed by atoms with Crippen molar-refractivity contribution in [2.75, 3.05) is 4.90 Å². The number of furan rings is 1. The van der Waals surface area contributed by atoms with E-state index in [0.717, 1.165) is 39.0 Å². The van der Waals surface area contributed by atoms with E-state index in [1.807, 2.05) is 12.1 Å². The summed E-state index contributed by atoms with van der Waals surface area (Å²) >= 11 is 0. The molecule has 1 heterocycles. The van der Waals surface area contributed by atoms with Crippen LogP contribution in [0.5, 0.6) is 0 Å². The van der Waals surface area contributed by atoms with Crippen molar-refractivity contribution >= 4 is 60.5 Å². The Bertz CT molecular complexity index is 3350. The highest BCUT2D eigenvalue weighted by Gasteiger charge is 2.46. The zero-order valence-electron chi connectivity index (χ0n) is 32.2. The normalized spacial score (nSPS) is 12.9. The predicted octanol–water partition coefficient (Wildman–Crippen LogP) is 15.4. The highest BCUT2D eigenvalue weighted by molar-refractivity contribution is 6.07. The van der Waals surface area contributed by atoms with E-state index < -0.39 is 5.41 Å². The molecule has 0 N–H and O–H groups in total. The third kappa shape index (κ3) is 5.13. The number of hydrogen-bond acceptors (Lipinski definition) is 2. The van der Waals surface area contributed by atoms with Crippen LogP contribution in [0.1, 0.15) is 22.3 Å². The van der Waals surface area contributed by atoms with Crippen molar-refractivity contribution in [3.05, 3.63) is 247 Å². The molecule has 2 heteroatoms. The van der Waals surface area contributed by atoms with Gasteiger partial charge in [0.2, 0.25) is 0 Å². The zero-order valence-corrected chi connectivity index (χ0v) is 32.2. The summed E-state index contributed by atoms with van der Waals surface area (Å²) in [5, 5.41) is 7.12. The molecule has 276 valence electrons. The number of benzene rings is 10. The Morgan fingerprint density at radius 1 is 0.322 bits per heavy atom. The van der Waals surface area contributed by atoms with Crippen molar-refractivity contribution < 1.29 is 4.42 Å². The molecule has 0 bridgehead atoms. The molecule has 11 aromatic rings. The standard InChI is InChI=1S/C57H37NO/c1-3-16-42(17-4-1)57(43-18-5-2-6-19-43)53-24-11-9-21-49(53)51-36-45(30-32-54(51)57)58(46-31-33-56-52(37-46)50-22-10-12-25-55(50)59-56)44-29-28-39-34-41(27-26-40(39)35-44)48-23-13-15-38-14-7-8-20-47(38)48/h1-37H. The van der Waals surface area contributed by atoms with Crippen molar-refractivity contribution in [3.63, 3.8) is 0 Å². The molecule has 1 aromatic heterocycles. The molecule has 1 aliphatic carbocycles. The lowest BCUT2D eigenvalue weighted by Crippen LogP contribution is -2.28. The number of nitrogens with zero attached hydrogens (tertiary/aromatic N) is 1. The van der Waals surface area contributed by atoms with Gasteiger partial charge in [-0.15, -0.1) is 0 Å². The Kier molecular flexibility index (Phi) is 7.48. The fourth-order valence-electron chi connectivity index (χ4n) is 9.89. The average Bonchev–Trinajstić information content (AvgIpc) is 3.83. The molecule has 0 fully saturated rings. The van der Waals surface area contributed by atoms with Gasteiger partial charge in [0.15, 0.2) is 0 Å². The summed E-state index contributed by atoms with van der Waals surface area (Å²) < 4.78 is 6.32. The predicted molar refractivity (Wildman–Crippen MR) is 246 cm³/mol. The maximum absolute atomic E-state index is 6.32. The first-order valence-corrected chi connectivity index (χ1v) is 20.3. The molecule has 12 rings (SSSR count). The first-order valence-electron chi connectivity index (χ1n) is 20.3. The van der Waals surface area contributed by atoms with Gasteiger partial charge in [0.25, 0.3) is 0 Å². The van der Waals surface area contributed by atoms with E-state index in [9.17, 15) is 0 Å². The van der Waals surface area contributed by atoms with E-state index in [2.05, 4.69) is 217 Å². The van der Waals surface area contributed by atoms with Gasteiger partial charge < -0.3 is 9.32 Å². The molecular weight excluding hydrogens is 715 g/mol. The van der Waals surface area contributed by atoms with Crippen LogP contribution in [0.15, 0.2) is 229 Å². The SMILES string of the molecule is c1ccc(C2(c3ccccc3)c3ccccc3-c3cc(N(c4ccc5cc(-c6cccc7ccccc67)ccc5c4)c4ccc5oc6ccccc6c5c4)ccc32)cc1. The highest BCUT2D eigenvalue weighted by Crippen LogP contribution is 2.57. The number of anilines is 3. The second kappa shape index (κ2) is 13.2. The minimum absolute atomic E-state index is 0.461. The average molecular weight is 752 g/mol. The van der Waals surface area contributed by atoms with Crippen LogP contribution in [-0.2, 0) is 5.41 Å². The molecular formula is C57H37NO. The van der Waals surface area contributed by atoms with Gasteiger partial charge in [0.05, 0.1) is 5.41 Å². The number of hydrogen-bond donors (Lipinski definition) is 0. The third-order valence-electron chi connectivity index (χ3n) is 12.5. The van der Waals surface area contributed by atoms with Crippen molar-refractivity contribution in [1.29, 1.82) is 0 Å². The third-order valence-corrected chi connectivity index (χ3v) is 12.5. The highest BCUT2D eigenvalue weighted by atomic mass is 16.3. The molecule has 0 atom stereocenters.